The first-order valence-electron chi connectivity index (χ1n) is 5.23. The van der Waals surface area contributed by atoms with Crippen LogP contribution in [0.2, 0.25) is 0 Å². The molecule has 0 saturated carbocycles. The molecule has 0 fully saturated rings. The maximum absolute atomic E-state index is 5.67. The van der Waals surface area contributed by atoms with Gasteiger partial charge < -0.3 is 15.8 Å². The maximum Gasteiger partial charge on any atom is 0.169 e. The van der Waals surface area contributed by atoms with Crippen LogP contribution in [0, 0.1) is 0 Å². The number of hydrogen-bond acceptors (Lipinski definition) is 5. The summed E-state index contributed by atoms with van der Waals surface area (Å²) in [5.41, 5.74) is 6.80. The van der Waals surface area contributed by atoms with E-state index in [1.807, 2.05) is 24.3 Å². The predicted octanol–water partition coefficient (Wildman–Crippen LogP) is 1.68. The molecule has 2 aromatic rings. The van der Waals surface area contributed by atoms with Crippen LogP contribution >= 0.6 is 0 Å². The summed E-state index contributed by atoms with van der Waals surface area (Å²) >= 11 is 0. The average Bonchev–Trinajstić information content (AvgIpc) is 2.38. The molecule has 0 aliphatic carbocycles. The zero-order valence-electron chi connectivity index (χ0n) is 9.55. The highest BCUT2D eigenvalue weighted by Crippen LogP contribution is 2.14. The quantitative estimate of drug-likeness (QED) is 0.836. The molecule has 17 heavy (non-hydrogen) atoms. The maximum atomic E-state index is 5.67. The van der Waals surface area contributed by atoms with Crippen LogP contribution in [0.25, 0.3) is 0 Å². The van der Waals surface area contributed by atoms with Gasteiger partial charge in [-0.1, -0.05) is 12.1 Å². The summed E-state index contributed by atoms with van der Waals surface area (Å²) in [4.78, 5) is 8.06. The number of aromatic nitrogens is 2. The van der Waals surface area contributed by atoms with Gasteiger partial charge in [0.05, 0.1) is 7.11 Å². The number of rotatable bonds is 4. The molecule has 0 aliphatic heterocycles. The predicted molar refractivity (Wildman–Crippen MR) is 66.8 cm³/mol. The average molecular weight is 230 g/mol. The largest absolute Gasteiger partial charge is 0.497 e. The monoisotopic (exact) mass is 230 g/mol. The van der Waals surface area contributed by atoms with Crippen LogP contribution in [0.5, 0.6) is 5.75 Å². The molecule has 0 bridgehead atoms. The van der Waals surface area contributed by atoms with Crippen molar-refractivity contribution in [3.63, 3.8) is 0 Å². The molecular formula is C12H14N4O. The number of methoxy groups -OCH3 is 1. The lowest BCUT2D eigenvalue weighted by Crippen LogP contribution is -2.05. The fourth-order valence-electron chi connectivity index (χ4n) is 1.41. The molecule has 5 nitrogen and oxygen atoms in total. The van der Waals surface area contributed by atoms with Gasteiger partial charge in [-0.05, 0) is 17.7 Å². The molecule has 0 aliphatic rings. The van der Waals surface area contributed by atoms with Crippen LogP contribution in [0.3, 0.4) is 0 Å². The van der Waals surface area contributed by atoms with E-state index in [1.165, 1.54) is 0 Å². The number of nitrogen functional groups attached to an aromatic ring is 1. The SMILES string of the molecule is COc1ccc(CNc2nccnc2N)cc1. The van der Waals surface area contributed by atoms with Gasteiger partial charge in [0.1, 0.15) is 5.75 Å². The van der Waals surface area contributed by atoms with E-state index in [0.717, 1.165) is 11.3 Å². The first-order chi connectivity index (χ1) is 8.29. The molecule has 88 valence electrons. The van der Waals surface area contributed by atoms with Gasteiger partial charge in [-0.25, -0.2) is 9.97 Å². The summed E-state index contributed by atoms with van der Waals surface area (Å²) in [5.74, 6) is 1.84. The molecule has 0 spiro atoms. The first-order valence-corrected chi connectivity index (χ1v) is 5.23. The van der Waals surface area contributed by atoms with Crippen LogP contribution in [0.15, 0.2) is 36.7 Å². The molecular weight excluding hydrogens is 216 g/mol. The highest BCUT2D eigenvalue weighted by molar-refractivity contribution is 5.55. The summed E-state index contributed by atoms with van der Waals surface area (Å²) in [6.45, 7) is 0.646. The lowest BCUT2D eigenvalue weighted by molar-refractivity contribution is 0.414. The number of benzene rings is 1. The van der Waals surface area contributed by atoms with Gasteiger partial charge in [-0.2, -0.15) is 0 Å². The number of nitrogens with two attached hydrogens (primary N) is 1. The van der Waals surface area contributed by atoms with Crippen molar-refractivity contribution in [2.24, 2.45) is 0 Å². The fraction of sp³-hybridized carbons (Fsp3) is 0.167. The van der Waals surface area contributed by atoms with E-state index in [1.54, 1.807) is 19.5 Å². The molecule has 0 unspecified atom stereocenters. The number of nitrogens with one attached hydrogen (secondary N) is 1. The Balaban J connectivity index is 2.00. The van der Waals surface area contributed by atoms with Crippen molar-refractivity contribution in [2.75, 3.05) is 18.2 Å². The van der Waals surface area contributed by atoms with Crippen molar-refractivity contribution in [3.05, 3.63) is 42.2 Å². The second-order valence-electron chi connectivity index (χ2n) is 3.49. The zero-order chi connectivity index (χ0) is 12.1. The summed E-state index contributed by atoms with van der Waals surface area (Å²) in [7, 11) is 1.65. The second-order valence-corrected chi connectivity index (χ2v) is 3.49. The topological polar surface area (TPSA) is 73.1 Å². The van der Waals surface area contributed by atoms with Crippen LogP contribution in [-0.4, -0.2) is 17.1 Å². The lowest BCUT2D eigenvalue weighted by atomic mass is 10.2. The van der Waals surface area contributed by atoms with E-state index in [9.17, 15) is 0 Å². The Labute approximate surface area is 99.7 Å². The van der Waals surface area contributed by atoms with Gasteiger partial charge in [0.15, 0.2) is 11.6 Å². The number of nitrogens with zero attached hydrogens (tertiary/aromatic N) is 2. The third kappa shape index (κ3) is 2.84. The van der Waals surface area contributed by atoms with Gasteiger partial charge in [0, 0.05) is 18.9 Å². The minimum absolute atomic E-state index is 0.404. The standard InChI is InChI=1S/C12H14N4O/c1-17-10-4-2-9(3-5-10)8-16-12-11(13)14-6-7-15-12/h2-7H,8H2,1H3,(H2,13,14)(H,15,16). The van der Waals surface area contributed by atoms with E-state index in [2.05, 4.69) is 15.3 Å². The van der Waals surface area contributed by atoms with Crippen molar-refractivity contribution in [2.45, 2.75) is 6.54 Å². The minimum atomic E-state index is 0.404. The first kappa shape index (κ1) is 11.2. The van der Waals surface area contributed by atoms with E-state index in [4.69, 9.17) is 10.5 Å². The minimum Gasteiger partial charge on any atom is -0.497 e. The van der Waals surface area contributed by atoms with Crippen molar-refractivity contribution >= 4 is 11.6 Å². The Kier molecular flexibility index (Phi) is 3.40. The smallest absolute Gasteiger partial charge is 0.169 e. The number of anilines is 2. The third-order valence-corrected chi connectivity index (χ3v) is 2.35. The van der Waals surface area contributed by atoms with E-state index >= 15 is 0 Å². The van der Waals surface area contributed by atoms with Gasteiger partial charge >= 0.3 is 0 Å². The Bertz CT molecular complexity index is 484. The Morgan fingerprint density at radius 1 is 1.18 bits per heavy atom. The summed E-state index contributed by atoms with van der Waals surface area (Å²) in [6.07, 6.45) is 3.17. The highest BCUT2D eigenvalue weighted by Gasteiger charge is 2.00. The van der Waals surface area contributed by atoms with Crippen LogP contribution in [-0.2, 0) is 6.54 Å². The van der Waals surface area contributed by atoms with Crippen LogP contribution in [0.4, 0.5) is 11.6 Å². The molecule has 1 aromatic heterocycles. The lowest BCUT2D eigenvalue weighted by Gasteiger charge is -2.07. The zero-order valence-corrected chi connectivity index (χ0v) is 9.55. The van der Waals surface area contributed by atoms with Crippen LogP contribution in [0.1, 0.15) is 5.56 Å². The Morgan fingerprint density at radius 2 is 1.88 bits per heavy atom. The van der Waals surface area contributed by atoms with E-state index in [0.29, 0.717) is 18.2 Å². The summed E-state index contributed by atoms with van der Waals surface area (Å²) < 4.78 is 5.09. The summed E-state index contributed by atoms with van der Waals surface area (Å²) in [5, 5.41) is 3.13. The Morgan fingerprint density at radius 3 is 2.53 bits per heavy atom. The van der Waals surface area contributed by atoms with Gasteiger partial charge in [0.2, 0.25) is 0 Å². The Hall–Kier alpha value is -2.30. The van der Waals surface area contributed by atoms with Crippen LogP contribution < -0.4 is 15.8 Å². The normalized spacial score (nSPS) is 9.94. The van der Waals surface area contributed by atoms with Crippen molar-refractivity contribution < 1.29 is 4.74 Å². The molecule has 3 N–H and O–H groups in total. The molecule has 0 saturated heterocycles. The van der Waals surface area contributed by atoms with Gasteiger partial charge in [-0.3, -0.25) is 0 Å². The van der Waals surface area contributed by atoms with Crippen molar-refractivity contribution in [1.82, 2.24) is 9.97 Å². The highest BCUT2D eigenvalue weighted by atomic mass is 16.5. The van der Waals surface area contributed by atoms with Crippen molar-refractivity contribution in [3.8, 4) is 5.75 Å². The number of ether oxygens (including phenoxy) is 1. The van der Waals surface area contributed by atoms with Crippen molar-refractivity contribution in [1.29, 1.82) is 0 Å². The summed E-state index contributed by atoms with van der Waals surface area (Å²) in [6, 6.07) is 7.80. The third-order valence-electron chi connectivity index (χ3n) is 2.35. The molecule has 1 aromatic carbocycles. The molecule has 0 radical (unpaired) electrons. The second kappa shape index (κ2) is 5.16. The number of hydrogen-bond donors (Lipinski definition) is 2. The molecule has 2 rings (SSSR count). The van der Waals surface area contributed by atoms with E-state index < -0.39 is 0 Å². The molecule has 5 heteroatoms. The van der Waals surface area contributed by atoms with Gasteiger partial charge in [0.25, 0.3) is 0 Å². The molecule has 0 atom stereocenters. The van der Waals surface area contributed by atoms with Gasteiger partial charge in [-0.15, -0.1) is 0 Å². The molecule has 0 amide bonds. The fourth-order valence-corrected chi connectivity index (χ4v) is 1.41. The molecule has 1 heterocycles. The van der Waals surface area contributed by atoms with E-state index in [-0.39, 0.29) is 0 Å².